The Kier molecular flexibility index (Phi) is 3.91. The van der Waals surface area contributed by atoms with Crippen LogP contribution in [0, 0.1) is 0 Å². The number of carbonyl (C=O) groups is 1. The van der Waals surface area contributed by atoms with Crippen LogP contribution in [-0.2, 0) is 0 Å². The van der Waals surface area contributed by atoms with Crippen molar-refractivity contribution in [1.82, 2.24) is 4.98 Å². The average Bonchev–Trinajstić information content (AvgIpc) is 2.87. The van der Waals surface area contributed by atoms with Crippen molar-refractivity contribution in [2.24, 2.45) is 0 Å². The van der Waals surface area contributed by atoms with E-state index in [4.69, 9.17) is 44.6 Å². The number of benzene rings is 2. The number of halogens is 3. The van der Waals surface area contributed by atoms with Crippen molar-refractivity contribution in [2.45, 2.75) is 0 Å². The molecule has 0 aliphatic carbocycles. The molecule has 3 rings (SSSR count). The molecule has 112 valence electrons. The second kappa shape index (κ2) is 5.72. The molecule has 2 N–H and O–H groups in total. The SMILES string of the molecule is O=C(O)c1cc2c(Oc3cc(Cl)ccc3Cl)cc(Cl)cc2[nH]1. The Morgan fingerprint density at radius 1 is 1.00 bits per heavy atom. The third-order valence-corrected chi connectivity index (χ3v) is 3.77. The van der Waals surface area contributed by atoms with E-state index in [1.165, 1.54) is 6.07 Å². The Bertz CT molecular complexity index is 889. The fourth-order valence-electron chi connectivity index (χ4n) is 2.04. The van der Waals surface area contributed by atoms with E-state index < -0.39 is 5.97 Å². The van der Waals surface area contributed by atoms with Gasteiger partial charge >= 0.3 is 5.97 Å². The van der Waals surface area contributed by atoms with Gasteiger partial charge in [-0.05, 0) is 24.3 Å². The van der Waals surface area contributed by atoms with Gasteiger partial charge in [-0.25, -0.2) is 4.79 Å². The predicted molar refractivity (Wildman–Crippen MR) is 86.8 cm³/mol. The second-order valence-electron chi connectivity index (χ2n) is 4.53. The molecule has 2 aromatic carbocycles. The van der Waals surface area contributed by atoms with Gasteiger partial charge in [-0.3, -0.25) is 0 Å². The van der Waals surface area contributed by atoms with Crippen molar-refractivity contribution in [3.63, 3.8) is 0 Å². The molecular weight excluding hydrogens is 349 g/mol. The van der Waals surface area contributed by atoms with E-state index in [-0.39, 0.29) is 5.69 Å². The van der Waals surface area contributed by atoms with Gasteiger partial charge < -0.3 is 14.8 Å². The number of ether oxygens (including phenoxy) is 1. The number of nitrogens with one attached hydrogen (secondary N) is 1. The van der Waals surface area contributed by atoms with Gasteiger partial charge in [0, 0.05) is 27.6 Å². The van der Waals surface area contributed by atoms with Gasteiger partial charge in [0.15, 0.2) is 0 Å². The largest absolute Gasteiger partial charge is 0.477 e. The first-order valence-electron chi connectivity index (χ1n) is 6.12. The zero-order valence-electron chi connectivity index (χ0n) is 10.9. The minimum atomic E-state index is -1.07. The smallest absolute Gasteiger partial charge is 0.352 e. The summed E-state index contributed by atoms with van der Waals surface area (Å²) in [5, 5.41) is 10.9. The van der Waals surface area contributed by atoms with Crippen molar-refractivity contribution in [2.75, 3.05) is 0 Å². The van der Waals surface area contributed by atoms with E-state index in [0.717, 1.165) is 0 Å². The van der Waals surface area contributed by atoms with Crippen LogP contribution < -0.4 is 4.74 Å². The molecule has 0 aliphatic rings. The lowest BCUT2D eigenvalue weighted by atomic mass is 10.2. The molecule has 1 heterocycles. The normalized spacial score (nSPS) is 10.9. The topological polar surface area (TPSA) is 62.3 Å². The van der Waals surface area contributed by atoms with E-state index in [1.54, 1.807) is 30.3 Å². The highest BCUT2D eigenvalue weighted by atomic mass is 35.5. The van der Waals surface area contributed by atoms with Crippen LogP contribution in [-0.4, -0.2) is 16.1 Å². The summed E-state index contributed by atoms with van der Waals surface area (Å²) in [6, 6.07) is 9.50. The highest BCUT2D eigenvalue weighted by Crippen LogP contribution is 2.37. The predicted octanol–water partition coefficient (Wildman–Crippen LogP) is 5.62. The van der Waals surface area contributed by atoms with Gasteiger partial charge in [-0.2, -0.15) is 0 Å². The number of fused-ring (bicyclic) bond motifs is 1. The summed E-state index contributed by atoms with van der Waals surface area (Å²) in [6.45, 7) is 0. The highest BCUT2D eigenvalue weighted by molar-refractivity contribution is 6.34. The van der Waals surface area contributed by atoms with Crippen LogP contribution in [0.1, 0.15) is 10.5 Å². The van der Waals surface area contributed by atoms with Crippen LogP contribution in [0.2, 0.25) is 15.1 Å². The fraction of sp³-hybridized carbons (Fsp3) is 0. The van der Waals surface area contributed by atoms with Crippen molar-refractivity contribution in [1.29, 1.82) is 0 Å². The first-order valence-corrected chi connectivity index (χ1v) is 7.26. The Morgan fingerprint density at radius 3 is 2.45 bits per heavy atom. The summed E-state index contributed by atoms with van der Waals surface area (Å²) in [4.78, 5) is 13.8. The summed E-state index contributed by atoms with van der Waals surface area (Å²) in [6.07, 6.45) is 0. The molecular formula is C15H8Cl3NO3. The quantitative estimate of drug-likeness (QED) is 0.640. The molecule has 0 radical (unpaired) electrons. The fourth-order valence-corrected chi connectivity index (χ4v) is 2.57. The lowest BCUT2D eigenvalue weighted by molar-refractivity contribution is 0.0691. The van der Waals surface area contributed by atoms with Gasteiger partial charge in [0.05, 0.1) is 10.5 Å². The Balaban J connectivity index is 2.13. The molecule has 0 fully saturated rings. The number of carboxylic acids is 1. The molecule has 0 amide bonds. The van der Waals surface area contributed by atoms with E-state index in [0.29, 0.717) is 37.5 Å². The molecule has 0 spiro atoms. The molecule has 0 saturated carbocycles. The molecule has 7 heteroatoms. The molecule has 1 aromatic heterocycles. The number of aromatic amines is 1. The van der Waals surface area contributed by atoms with Crippen molar-refractivity contribution in [3.8, 4) is 11.5 Å². The number of rotatable bonds is 3. The van der Waals surface area contributed by atoms with Crippen LogP contribution in [0.25, 0.3) is 10.9 Å². The van der Waals surface area contributed by atoms with Gasteiger partial charge in [-0.15, -0.1) is 0 Å². The summed E-state index contributed by atoms with van der Waals surface area (Å²) in [5.41, 5.74) is 0.595. The first kappa shape index (κ1) is 15.0. The number of H-pyrrole nitrogens is 1. The summed E-state index contributed by atoms with van der Waals surface area (Å²) < 4.78 is 5.76. The maximum Gasteiger partial charge on any atom is 0.352 e. The second-order valence-corrected chi connectivity index (χ2v) is 5.81. The van der Waals surface area contributed by atoms with Gasteiger partial charge in [0.25, 0.3) is 0 Å². The molecule has 0 unspecified atom stereocenters. The number of hydrogen-bond donors (Lipinski definition) is 2. The Morgan fingerprint density at radius 2 is 1.73 bits per heavy atom. The summed E-state index contributed by atoms with van der Waals surface area (Å²) in [7, 11) is 0. The third kappa shape index (κ3) is 2.86. The van der Waals surface area contributed by atoms with Gasteiger partial charge in [0.2, 0.25) is 0 Å². The number of aromatic nitrogens is 1. The van der Waals surface area contributed by atoms with Gasteiger partial charge in [-0.1, -0.05) is 34.8 Å². The first-order chi connectivity index (χ1) is 10.4. The van der Waals surface area contributed by atoms with Crippen LogP contribution >= 0.6 is 34.8 Å². The number of aromatic carboxylic acids is 1. The molecule has 0 aliphatic heterocycles. The maximum atomic E-state index is 11.1. The Hall–Kier alpha value is -1.88. The van der Waals surface area contributed by atoms with E-state index >= 15 is 0 Å². The zero-order chi connectivity index (χ0) is 15.9. The van der Waals surface area contributed by atoms with Crippen LogP contribution in [0.15, 0.2) is 36.4 Å². The van der Waals surface area contributed by atoms with Crippen molar-refractivity contribution >= 4 is 51.7 Å². The monoisotopic (exact) mass is 355 g/mol. The highest BCUT2D eigenvalue weighted by Gasteiger charge is 2.14. The molecule has 0 bridgehead atoms. The molecule has 0 saturated heterocycles. The average molecular weight is 357 g/mol. The minimum Gasteiger partial charge on any atom is -0.477 e. The summed E-state index contributed by atoms with van der Waals surface area (Å²) in [5.74, 6) is -0.328. The van der Waals surface area contributed by atoms with E-state index in [2.05, 4.69) is 4.98 Å². The maximum absolute atomic E-state index is 11.1. The lowest BCUT2D eigenvalue weighted by Gasteiger charge is -2.09. The lowest BCUT2D eigenvalue weighted by Crippen LogP contribution is -1.94. The Labute approximate surface area is 140 Å². The third-order valence-electron chi connectivity index (χ3n) is 3.01. The van der Waals surface area contributed by atoms with Crippen LogP contribution in [0.4, 0.5) is 0 Å². The van der Waals surface area contributed by atoms with Gasteiger partial charge in [0.1, 0.15) is 17.2 Å². The molecule has 0 atom stereocenters. The van der Waals surface area contributed by atoms with Crippen molar-refractivity contribution in [3.05, 3.63) is 57.2 Å². The van der Waals surface area contributed by atoms with E-state index in [9.17, 15) is 4.79 Å². The summed E-state index contributed by atoms with van der Waals surface area (Å²) >= 11 is 18.0. The van der Waals surface area contributed by atoms with E-state index in [1.807, 2.05) is 0 Å². The number of carboxylic acid groups (broad SMARTS) is 1. The van der Waals surface area contributed by atoms with Crippen LogP contribution in [0.5, 0.6) is 11.5 Å². The minimum absolute atomic E-state index is 0.0410. The number of hydrogen-bond acceptors (Lipinski definition) is 2. The zero-order valence-corrected chi connectivity index (χ0v) is 13.1. The van der Waals surface area contributed by atoms with Crippen LogP contribution in [0.3, 0.4) is 0 Å². The molecule has 4 nitrogen and oxygen atoms in total. The standard InChI is InChI=1S/C15H8Cl3NO3/c16-7-1-2-10(18)14(4-7)22-13-5-8(17)3-11-9(13)6-12(19-11)15(20)21/h1-6,19H,(H,20,21). The van der Waals surface area contributed by atoms with Crippen molar-refractivity contribution < 1.29 is 14.6 Å². The molecule has 22 heavy (non-hydrogen) atoms. The molecule has 3 aromatic rings.